The number of benzene rings is 1. The quantitative estimate of drug-likeness (QED) is 0.668. The van der Waals surface area contributed by atoms with Crippen molar-refractivity contribution in [1.29, 1.82) is 0 Å². The zero-order chi connectivity index (χ0) is 19.5. The normalized spacial score (nSPS) is 10.2. The van der Waals surface area contributed by atoms with Gasteiger partial charge in [0.1, 0.15) is 17.5 Å². The van der Waals surface area contributed by atoms with Crippen LogP contribution < -0.4 is 10.6 Å². The second-order valence-corrected chi connectivity index (χ2v) is 5.63. The minimum Gasteiger partial charge on any atom is -0.367 e. The molecule has 1 amide bonds. The minimum absolute atomic E-state index is 0.186. The molecule has 0 aliphatic rings. The van der Waals surface area contributed by atoms with Crippen LogP contribution in [0.2, 0.25) is 0 Å². The monoisotopic (exact) mass is 379 g/mol. The SMILES string of the molecule is C=Cc1snc(NCCNC(=O)c2ccc(F)cc2F)c1/C=C\C.CC. The fourth-order valence-corrected chi connectivity index (χ4v) is 2.73. The van der Waals surface area contributed by atoms with E-state index in [9.17, 15) is 13.6 Å². The van der Waals surface area contributed by atoms with Gasteiger partial charge >= 0.3 is 0 Å². The van der Waals surface area contributed by atoms with Crippen molar-refractivity contribution in [3.63, 3.8) is 0 Å². The van der Waals surface area contributed by atoms with Crippen LogP contribution in [-0.2, 0) is 0 Å². The van der Waals surface area contributed by atoms with Crippen LogP contribution in [0.1, 0.15) is 41.6 Å². The van der Waals surface area contributed by atoms with Gasteiger partial charge < -0.3 is 10.6 Å². The Morgan fingerprint density at radius 3 is 2.65 bits per heavy atom. The van der Waals surface area contributed by atoms with E-state index in [1.54, 1.807) is 6.08 Å². The predicted octanol–water partition coefficient (Wildman–Crippen LogP) is 4.97. The number of carbonyl (C=O) groups excluding carboxylic acids is 1. The first-order valence-corrected chi connectivity index (χ1v) is 9.06. The highest BCUT2D eigenvalue weighted by Crippen LogP contribution is 2.25. The van der Waals surface area contributed by atoms with Gasteiger partial charge in [0.25, 0.3) is 5.91 Å². The highest BCUT2D eigenvalue weighted by molar-refractivity contribution is 7.07. The first-order valence-electron chi connectivity index (χ1n) is 8.28. The van der Waals surface area contributed by atoms with E-state index in [0.29, 0.717) is 18.4 Å². The summed E-state index contributed by atoms with van der Waals surface area (Å²) < 4.78 is 30.6. The number of nitrogens with one attached hydrogen (secondary N) is 2. The number of allylic oxidation sites excluding steroid dienone is 1. The predicted molar refractivity (Wildman–Crippen MR) is 105 cm³/mol. The van der Waals surface area contributed by atoms with E-state index >= 15 is 0 Å². The number of aromatic nitrogens is 1. The maximum Gasteiger partial charge on any atom is 0.254 e. The summed E-state index contributed by atoms with van der Waals surface area (Å²) in [6.07, 6.45) is 5.56. The molecule has 7 heteroatoms. The summed E-state index contributed by atoms with van der Waals surface area (Å²) in [7, 11) is 0. The van der Waals surface area contributed by atoms with Crippen molar-refractivity contribution in [2.24, 2.45) is 0 Å². The van der Waals surface area contributed by atoms with Crippen LogP contribution in [0.5, 0.6) is 0 Å². The Balaban J connectivity index is 0.00000163. The lowest BCUT2D eigenvalue weighted by Gasteiger charge is -2.08. The number of amides is 1. The zero-order valence-corrected chi connectivity index (χ0v) is 15.9. The number of rotatable bonds is 7. The standard InChI is InChI=1S/C17H17F2N3OS.C2H6/c1-3-5-13-15(4-2)24-22-16(13)20-8-9-21-17(23)12-7-6-11(18)10-14(12)19;1-2/h3-7,10H,2,8-9H2,1H3,(H,20,22)(H,21,23);1-2H3/b5-3-;. The molecule has 2 rings (SSSR count). The summed E-state index contributed by atoms with van der Waals surface area (Å²) in [6, 6.07) is 2.85. The smallest absolute Gasteiger partial charge is 0.254 e. The Morgan fingerprint density at radius 2 is 2.04 bits per heavy atom. The van der Waals surface area contributed by atoms with E-state index in [-0.39, 0.29) is 12.1 Å². The van der Waals surface area contributed by atoms with Gasteiger partial charge in [0.2, 0.25) is 0 Å². The molecule has 0 atom stereocenters. The third kappa shape index (κ3) is 5.77. The third-order valence-corrected chi connectivity index (χ3v) is 4.01. The lowest BCUT2D eigenvalue weighted by molar-refractivity contribution is 0.0951. The van der Waals surface area contributed by atoms with E-state index < -0.39 is 17.5 Å². The molecular formula is C19H23F2N3OS. The summed E-state index contributed by atoms with van der Waals surface area (Å²) in [5.74, 6) is -1.49. The zero-order valence-electron chi connectivity index (χ0n) is 15.1. The van der Waals surface area contributed by atoms with Gasteiger partial charge in [-0.1, -0.05) is 32.6 Å². The third-order valence-electron chi connectivity index (χ3n) is 3.15. The van der Waals surface area contributed by atoms with Crippen molar-refractivity contribution in [2.45, 2.75) is 20.8 Å². The summed E-state index contributed by atoms with van der Waals surface area (Å²) in [5.41, 5.74) is 0.752. The molecule has 26 heavy (non-hydrogen) atoms. The average Bonchev–Trinajstić information content (AvgIpc) is 3.02. The highest BCUT2D eigenvalue weighted by Gasteiger charge is 2.12. The summed E-state index contributed by atoms with van der Waals surface area (Å²) in [5, 5.41) is 5.69. The molecule has 0 unspecified atom stereocenters. The van der Waals surface area contributed by atoms with E-state index in [1.165, 1.54) is 11.5 Å². The van der Waals surface area contributed by atoms with E-state index in [4.69, 9.17) is 0 Å². The molecule has 0 saturated heterocycles. The van der Waals surface area contributed by atoms with Crippen molar-refractivity contribution in [3.8, 4) is 0 Å². The summed E-state index contributed by atoms with van der Waals surface area (Å²) in [4.78, 5) is 12.8. The second-order valence-electron chi connectivity index (χ2n) is 4.82. The molecule has 0 radical (unpaired) electrons. The van der Waals surface area contributed by atoms with Gasteiger partial charge in [0.05, 0.1) is 10.4 Å². The van der Waals surface area contributed by atoms with Crippen LogP contribution in [-0.4, -0.2) is 23.4 Å². The maximum atomic E-state index is 13.5. The first-order chi connectivity index (χ1) is 12.6. The fourth-order valence-electron chi connectivity index (χ4n) is 2.04. The highest BCUT2D eigenvalue weighted by atomic mass is 32.1. The number of hydrogen-bond donors (Lipinski definition) is 2. The van der Waals surface area contributed by atoms with Crippen molar-refractivity contribution >= 4 is 35.4 Å². The molecule has 0 aliphatic carbocycles. The Bertz CT molecular complexity index is 772. The van der Waals surface area contributed by atoms with Crippen molar-refractivity contribution in [2.75, 3.05) is 18.4 Å². The van der Waals surface area contributed by atoms with E-state index in [0.717, 1.165) is 22.6 Å². The lowest BCUT2D eigenvalue weighted by Crippen LogP contribution is -2.29. The summed E-state index contributed by atoms with van der Waals surface area (Å²) in [6.45, 7) is 10.3. The molecule has 2 N–H and O–H groups in total. The van der Waals surface area contributed by atoms with Crippen LogP contribution in [0, 0.1) is 11.6 Å². The molecule has 1 aromatic carbocycles. The Kier molecular flexibility index (Phi) is 9.22. The Labute approximate surface area is 156 Å². The van der Waals surface area contributed by atoms with Gasteiger partial charge in [-0.3, -0.25) is 4.79 Å². The summed E-state index contributed by atoms with van der Waals surface area (Å²) >= 11 is 1.33. The Hall–Kier alpha value is -2.54. The molecule has 4 nitrogen and oxygen atoms in total. The fraction of sp³-hybridized carbons (Fsp3) is 0.263. The maximum absolute atomic E-state index is 13.5. The molecule has 0 spiro atoms. The average molecular weight is 379 g/mol. The molecular weight excluding hydrogens is 356 g/mol. The van der Waals surface area contributed by atoms with Crippen LogP contribution in [0.15, 0.2) is 30.9 Å². The van der Waals surface area contributed by atoms with Crippen LogP contribution in [0.3, 0.4) is 0 Å². The van der Waals surface area contributed by atoms with Gasteiger partial charge in [-0.2, -0.15) is 4.37 Å². The van der Waals surface area contributed by atoms with Crippen LogP contribution in [0.25, 0.3) is 12.2 Å². The number of hydrogen-bond acceptors (Lipinski definition) is 4. The van der Waals surface area contributed by atoms with E-state index in [1.807, 2.05) is 32.9 Å². The molecule has 2 aromatic rings. The molecule has 0 fully saturated rings. The lowest BCUT2D eigenvalue weighted by atomic mass is 10.2. The van der Waals surface area contributed by atoms with E-state index in [2.05, 4.69) is 21.6 Å². The first kappa shape index (κ1) is 21.5. The second kappa shape index (κ2) is 11.1. The Morgan fingerprint density at radius 1 is 1.31 bits per heavy atom. The van der Waals surface area contributed by atoms with Gasteiger partial charge in [-0.05, 0) is 36.7 Å². The molecule has 0 aliphatic heterocycles. The topological polar surface area (TPSA) is 54.0 Å². The van der Waals surface area contributed by atoms with Gasteiger partial charge in [0.15, 0.2) is 0 Å². The molecule has 1 aromatic heterocycles. The van der Waals surface area contributed by atoms with Crippen molar-refractivity contribution in [1.82, 2.24) is 9.69 Å². The molecule has 1 heterocycles. The minimum atomic E-state index is -0.883. The number of nitrogens with zero attached hydrogens (tertiary/aromatic N) is 1. The van der Waals surface area contributed by atoms with Crippen LogP contribution in [0.4, 0.5) is 14.6 Å². The van der Waals surface area contributed by atoms with Crippen molar-refractivity contribution < 1.29 is 13.6 Å². The number of anilines is 1. The van der Waals surface area contributed by atoms with Gasteiger partial charge in [0, 0.05) is 24.7 Å². The van der Waals surface area contributed by atoms with Crippen molar-refractivity contribution in [3.05, 3.63) is 58.5 Å². The number of halogens is 2. The molecule has 0 bridgehead atoms. The largest absolute Gasteiger partial charge is 0.367 e. The van der Waals surface area contributed by atoms with Gasteiger partial charge in [-0.25, -0.2) is 8.78 Å². The molecule has 140 valence electrons. The van der Waals surface area contributed by atoms with Crippen LogP contribution >= 0.6 is 11.5 Å². The number of carbonyl (C=O) groups is 1. The van der Waals surface area contributed by atoms with Gasteiger partial charge in [-0.15, -0.1) is 0 Å². The molecule has 0 saturated carbocycles.